The summed E-state index contributed by atoms with van der Waals surface area (Å²) < 4.78 is 21.2. The second-order valence-electron chi connectivity index (χ2n) is 6.62. The molecule has 4 rings (SSSR count). The molecule has 0 bridgehead atoms. The first-order valence-electron chi connectivity index (χ1n) is 8.84. The number of aryl methyl sites for hydroxylation is 2. The zero-order chi connectivity index (χ0) is 19.8. The highest BCUT2D eigenvalue weighted by molar-refractivity contribution is 7.20. The molecule has 1 aromatic carbocycles. The van der Waals surface area contributed by atoms with Crippen molar-refractivity contribution in [2.24, 2.45) is 7.05 Å². The van der Waals surface area contributed by atoms with Crippen LogP contribution in [0.3, 0.4) is 0 Å². The fourth-order valence-electron chi connectivity index (χ4n) is 3.26. The van der Waals surface area contributed by atoms with Gasteiger partial charge in [0.05, 0.1) is 35.5 Å². The Hall–Kier alpha value is -2.78. The van der Waals surface area contributed by atoms with Crippen LogP contribution in [0.15, 0.2) is 29.3 Å². The zero-order valence-corrected chi connectivity index (χ0v) is 16.3. The largest absolute Gasteiger partial charge is 0.378 e. The van der Waals surface area contributed by atoms with E-state index in [0.717, 1.165) is 11.3 Å². The highest BCUT2D eigenvalue weighted by Crippen LogP contribution is 2.28. The number of nitrogens with zero attached hydrogens (tertiary/aromatic N) is 3. The fourth-order valence-corrected chi connectivity index (χ4v) is 4.29. The maximum atomic E-state index is 14.5. The molecule has 0 unspecified atom stereocenters. The molecule has 3 aromatic rings. The molecule has 0 atom stereocenters. The zero-order valence-electron chi connectivity index (χ0n) is 15.5. The monoisotopic (exact) mass is 402 g/mol. The lowest BCUT2D eigenvalue weighted by Gasteiger charge is -2.29. The SMILES string of the molecule is Cc1c(C(=O)Nc2ccc(N3CCOCC3)c(F)c2)sc2ncn(C)c(=O)c12. The van der Waals surface area contributed by atoms with E-state index in [1.165, 1.54) is 17.0 Å². The molecular weight excluding hydrogens is 383 g/mol. The number of ether oxygens (including phenoxy) is 1. The molecule has 7 nitrogen and oxygen atoms in total. The molecule has 0 aliphatic carbocycles. The molecular formula is C19H19FN4O3S. The lowest BCUT2D eigenvalue weighted by atomic mass is 10.2. The number of carbonyl (C=O) groups is 1. The number of benzene rings is 1. The predicted molar refractivity (Wildman–Crippen MR) is 107 cm³/mol. The van der Waals surface area contributed by atoms with Gasteiger partial charge in [0.15, 0.2) is 0 Å². The second kappa shape index (κ2) is 7.33. The molecule has 0 saturated carbocycles. The predicted octanol–water partition coefficient (Wildman–Crippen LogP) is 2.53. The number of halogens is 1. The standard InChI is InChI=1S/C19H19FN4O3S/c1-11-15-18(21-10-23(2)19(15)26)28-16(11)17(25)22-12-3-4-14(13(20)9-12)24-5-7-27-8-6-24/h3-4,9-10H,5-8H2,1-2H3,(H,22,25). The van der Waals surface area contributed by atoms with E-state index in [4.69, 9.17) is 4.74 Å². The van der Waals surface area contributed by atoms with Crippen LogP contribution >= 0.6 is 11.3 Å². The van der Waals surface area contributed by atoms with Gasteiger partial charge in [-0.2, -0.15) is 0 Å². The molecule has 1 fully saturated rings. The summed E-state index contributed by atoms with van der Waals surface area (Å²) in [4.78, 5) is 32.1. The van der Waals surface area contributed by atoms with Crippen LogP contribution in [0, 0.1) is 12.7 Å². The van der Waals surface area contributed by atoms with Crippen LogP contribution in [-0.2, 0) is 11.8 Å². The topological polar surface area (TPSA) is 76.5 Å². The molecule has 146 valence electrons. The van der Waals surface area contributed by atoms with Crippen molar-refractivity contribution in [3.05, 3.63) is 51.1 Å². The Labute approximate surface area is 164 Å². The van der Waals surface area contributed by atoms with Gasteiger partial charge >= 0.3 is 0 Å². The number of amides is 1. The Bertz CT molecular complexity index is 1120. The summed E-state index contributed by atoms with van der Waals surface area (Å²) in [6.45, 7) is 4.11. The number of rotatable bonds is 3. The summed E-state index contributed by atoms with van der Waals surface area (Å²) in [7, 11) is 1.62. The quantitative estimate of drug-likeness (QED) is 0.729. The van der Waals surface area contributed by atoms with Gasteiger partial charge in [-0.15, -0.1) is 11.3 Å². The molecule has 28 heavy (non-hydrogen) atoms. The minimum Gasteiger partial charge on any atom is -0.378 e. The normalized spacial score (nSPS) is 14.5. The van der Waals surface area contributed by atoms with Gasteiger partial charge in [-0.3, -0.25) is 9.59 Å². The summed E-state index contributed by atoms with van der Waals surface area (Å²) >= 11 is 1.15. The van der Waals surface area contributed by atoms with E-state index in [1.54, 1.807) is 26.1 Å². The Balaban J connectivity index is 1.59. The Morgan fingerprint density at radius 1 is 1.32 bits per heavy atom. The summed E-state index contributed by atoms with van der Waals surface area (Å²) in [5.74, 6) is -0.788. The Morgan fingerprint density at radius 3 is 2.79 bits per heavy atom. The van der Waals surface area contributed by atoms with Crippen molar-refractivity contribution in [1.82, 2.24) is 9.55 Å². The van der Waals surface area contributed by atoms with Crippen molar-refractivity contribution in [2.45, 2.75) is 6.92 Å². The van der Waals surface area contributed by atoms with E-state index >= 15 is 0 Å². The molecule has 1 saturated heterocycles. The van der Waals surface area contributed by atoms with E-state index in [9.17, 15) is 14.0 Å². The molecule has 0 radical (unpaired) electrons. The van der Waals surface area contributed by atoms with Gasteiger partial charge in [-0.1, -0.05) is 0 Å². The molecule has 2 aromatic heterocycles. The van der Waals surface area contributed by atoms with Crippen LogP contribution in [0.5, 0.6) is 0 Å². The van der Waals surface area contributed by atoms with Crippen molar-refractivity contribution in [3.8, 4) is 0 Å². The van der Waals surface area contributed by atoms with Crippen LogP contribution < -0.4 is 15.8 Å². The van der Waals surface area contributed by atoms with Crippen LogP contribution in [0.25, 0.3) is 10.2 Å². The third-order valence-electron chi connectivity index (χ3n) is 4.77. The Kier molecular flexibility index (Phi) is 4.86. The van der Waals surface area contributed by atoms with Crippen molar-refractivity contribution < 1.29 is 13.9 Å². The molecule has 1 aliphatic heterocycles. The first kappa shape index (κ1) is 18.6. The maximum absolute atomic E-state index is 14.5. The molecule has 1 aliphatic rings. The van der Waals surface area contributed by atoms with Gasteiger partial charge in [-0.05, 0) is 30.7 Å². The van der Waals surface area contributed by atoms with Crippen molar-refractivity contribution in [1.29, 1.82) is 0 Å². The first-order valence-corrected chi connectivity index (χ1v) is 9.65. The van der Waals surface area contributed by atoms with Crippen molar-refractivity contribution in [2.75, 3.05) is 36.5 Å². The molecule has 1 N–H and O–H groups in total. The maximum Gasteiger partial charge on any atom is 0.266 e. The highest BCUT2D eigenvalue weighted by Gasteiger charge is 2.20. The summed E-state index contributed by atoms with van der Waals surface area (Å²) in [6.07, 6.45) is 1.43. The minimum absolute atomic E-state index is 0.196. The molecule has 0 spiro atoms. The number of hydrogen-bond donors (Lipinski definition) is 1. The number of aromatic nitrogens is 2. The van der Waals surface area contributed by atoms with E-state index in [1.807, 2.05) is 4.90 Å². The third kappa shape index (κ3) is 3.27. The van der Waals surface area contributed by atoms with Crippen molar-refractivity contribution >= 4 is 38.8 Å². The average molecular weight is 402 g/mol. The van der Waals surface area contributed by atoms with Gasteiger partial charge in [0.25, 0.3) is 11.5 Å². The molecule has 3 heterocycles. The third-order valence-corrected chi connectivity index (χ3v) is 5.97. The van der Waals surface area contributed by atoms with Gasteiger partial charge in [0, 0.05) is 25.8 Å². The first-order chi connectivity index (χ1) is 13.5. The fraction of sp³-hybridized carbons (Fsp3) is 0.316. The highest BCUT2D eigenvalue weighted by atomic mass is 32.1. The van der Waals surface area contributed by atoms with Gasteiger partial charge in [-0.25, -0.2) is 9.37 Å². The van der Waals surface area contributed by atoms with E-state index in [0.29, 0.717) is 58.3 Å². The number of fused-ring (bicyclic) bond motifs is 1. The number of hydrogen-bond acceptors (Lipinski definition) is 6. The van der Waals surface area contributed by atoms with E-state index in [-0.39, 0.29) is 11.5 Å². The van der Waals surface area contributed by atoms with Crippen molar-refractivity contribution in [3.63, 3.8) is 0 Å². The lowest BCUT2D eigenvalue weighted by Crippen LogP contribution is -2.36. The van der Waals surface area contributed by atoms with Gasteiger partial charge in [0.2, 0.25) is 0 Å². The van der Waals surface area contributed by atoms with Gasteiger partial charge < -0.3 is 19.5 Å². The average Bonchev–Trinajstić information content (AvgIpc) is 3.03. The molecule has 9 heteroatoms. The summed E-state index contributed by atoms with van der Waals surface area (Å²) in [5, 5.41) is 3.16. The van der Waals surface area contributed by atoms with Crippen LogP contribution in [-0.4, -0.2) is 41.8 Å². The molecule has 1 amide bonds. The number of carbonyl (C=O) groups excluding carboxylic acids is 1. The second-order valence-corrected chi connectivity index (χ2v) is 7.62. The lowest BCUT2D eigenvalue weighted by molar-refractivity contribution is 0.103. The number of nitrogens with one attached hydrogen (secondary N) is 1. The van der Waals surface area contributed by atoms with E-state index in [2.05, 4.69) is 10.3 Å². The number of morpholine rings is 1. The van der Waals surface area contributed by atoms with E-state index < -0.39 is 5.82 Å². The minimum atomic E-state index is -0.400. The van der Waals surface area contributed by atoms with Crippen LogP contribution in [0.4, 0.5) is 15.8 Å². The number of thiophene rings is 1. The summed E-state index contributed by atoms with van der Waals surface area (Å²) in [5.41, 5.74) is 1.24. The van der Waals surface area contributed by atoms with Crippen LogP contribution in [0.1, 0.15) is 15.2 Å². The number of anilines is 2. The summed E-state index contributed by atoms with van der Waals surface area (Å²) in [6, 6.07) is 4.64. The van der Waals surface area contributed by atoms with Crippen LogP contribution in [0.2, 0.25) is 0 Å². The van der Waals surface area contributed by atoms with Gasteiger partial charge in [0.1, 0.15) is 10.6 Å². The Morgan fingerprint density at radius 2 is 2.07 bits per heavy atom. The smallest absolute Gasteiger partial charge is 0.266 e.